The maximum Gasteiger partial charge on any atom is 0.110 e. The largest absolute Gasteiger partial charge is 0.361 e. The maximum absolute atomic E-state index is 6.22. The molecular weight excluding hydrogens is 242 g/mol. The number of aryl methyl sites for hydroxylation is 1. The summed E-state index contributed by atoms with van der Waals surface area (Å²) in [6.07, 6.45) is 2.86. The molecule has 4 heteroatoms. The molecule has 1 unspecified atom stereocenters. The first-order valence-electron chi connectivity index (χ1n) is 5.96. The molecule has 2 heterocycles. The second-order valence-electron chi connectivity index (χ2n) is 4.50. The van der Waals surface area contributed by atoms with Crippen LogP contribution < -0.4 is 5.73 Å². The number of rotatable bonds is 3. The number of thiazole rings is 1. The van der Waals surface area contributed by atoms with Gasteiger partial charge in [-0.15, -0.1) is 11.3 Å². The Balaban J connectivity index is 1.88. The van der Waals surface area contributed by atoms with Crippen LogP contribution in [0.2, 0.25) is 0 Å². The van der Waals surface area contributed by atoms with Gasteiger partial charge in [-0.2, -0.15) is 0 Å². The van der Waals surface area contributed by atoms with Crippen LogP contribution in [0.5, 0.6) is 0 Å². The molecule has 0 aliphatic carbocycles. The van der Waals surface area contributed by atoms with Crippen molar-refractivity contribution in [2.75, 3.05) is 0 Å². The van der Waals surface area contributed by atoms with E-state index in [-0.39, 0.29) is 6.04 Å². The number of aromatic nitrogens is 2. The van der Waals surface area contributed by atoms with E-state index in [0.29, 0.717) is 0 Å². The van der Waals surface area contributed by atoms with Crippen LogP contribution in [0.25, 0.3) is 10.9 Å². The molecule has 1 atom stereocenters. The van der Waals surface area contributed by atoms with Gasteiger partial charge in [-0.05, 0) is 25.0 Å². The third-order valence-corrected chi connectivity index (χ3v) is 4.16. The quantitative estimate of drug-likeness (QED) is 0.757. The van der Waals surface area contributed by atoms with E-state index in [1.165, 1.54) is 10.9 Å². The monoisotopic (exact) mass is 257 g/mol. The van der Waals surface area contributed by atoms with Gasteiger partial charge in [-0.25, -0.2) is 4.98 Å². The summed E-state index contributed by atoms with van der Waals surface area (Å²) in [6.45, 7) is 2.00. The number of nitrogens with zero attached hydrogens (tertiary/aromatic N) is 1. The summed E-state index contributed by atoms with van der Waals surface area (Å²) in [5, 5.41) is 4.31. The lowest BCUT2D eigenvalue weighted by Gasteiger charge is -2.07. The van der Waals surface area contributed by atoms with Crippen LogP contribution in [0.3, 0.4) is 0 Å². The predicted octanol–water partition coefficient (Wildman–Crippen LogP) is 3.18. The lowest BCUT2D eigenvalue weighted by molar-refractivity contribution is 0.716. The van der Waals surface area contributed by atoms with E-state index < -0.39 is 0 Å². The lowest BCUT2D eigenvalue weighted by Crippen LogP contribution is -2.12. The van der Waals surface area contributed by atoms with Gasteiger partial charge in [-0.3, -0.25) is 0 Å². The van der Waals surface area contributed by atoms with Gasteiger partial charge in [0.15, 0.2) is 0 Å². The lowest BCUT2D eigenvalue weighted by atomic mass is 10.1. The molecule has 3 rings (SSSR count). The summed E-state index contributed by atoms with van der Waals surface area (Å²) in [5.74, 6) is 0. The van der Waals surface area contributed by atoms with Crippen LogP contribution in [0.15, 0.2) is 35.8 Å². The molecule has 1 aromatic carbocycles. The van der Waals surface area contributed by atoms with Crippen molar-refractivity contribution in [3.63, 3.8) is 0 Å². The molecule has 0 bridgehead atoms. The number of aromatic amines is 1. The predicted molar refractivity (Wildman–Crippen MR) is 75.8 cm³/mol. The van der Waals surface area contributed by atoms with E-state index in [2.05, 4.69) is 28.2 Å². The van der Waals surface area contributed by atoms with Crippen LogP contribution >= 0.6 is 11.3 Å². The van der Waals surface area contributed by atoms with E-state index in [4.69, 9.17) is 5.73 Å². The number of fused-ring (bicyclic) bond motifs is 1. The third-order valence-electron chi connectivity index (χ3n) is 3.07. The number of benzene rings is 1. The third kappa shape index (κ3) is 2.05. The molecular formula is C14H15N3S. The molecule has 3 aromatic rings. The van der Waals surface area contributed by atoms with E-state index in [1.807, 2.05) is 24.6 Å². The molecule has 92 valence electrons. The Kier molecular flexibility index (Phi) is 2.89. The molecule has 0 radical (unpaired) electrons. The second-order valence-corrected chi connectivity index (χ2v) is 5.39. The molecule has 0 spiro atoms. The summed E-state index contributed by atoms with van der Waals surface area (Å²) in [5.41, 5.74) is 9.69. The number of hydrogen-bond acceptors (Lipinski definition) is 3. The summed E-state index contributed by atoms with van der Waals surface area (Å²) >= 11 is 1.64. The molecule has 2 aromatic heterocycles. The molecule has 0 saturated carbocycles. The minimum absolute atomic E-state index is 0.0251. The number of para-hydroxylation sites is 1. The van der Waals surface area contributed by atoms with E-state index >= 15 is 0 Å². The Morgan fingerprint density at radius 3 is 3.00 bits per heavy atom. The Morgan fingerprint density at radius 2 is 2.22 bits per heavy atom. The standard InChI is InChI=1S/C14H15N3S/c1-9-8-18-14(17-9)12(15)6-10-7-16-13-5-3-2-4-11(10)13/h2-5,7-8,12,16H,6,15H2,1H3. The Bertz CT molecular complexity index is 668. The minimum atomic E-state index is -0.0251. The van der Waals surface area contributed by atoms with Gasteiger partial charge >= 0.3 is 0 Å². The zero-order valence-electron chi connectivity index (χ0n) is 10.2. The van der Waals surface area contributed by atoms with Gasteiger partial charge < -0.3 is 10.7 Å². The highest BCUT2D eigenvalue weighted by Gasteiger charge is 2.13. The smallest absolute Gasteiger partial charge is 0.110 e. The first-order chi connectivity index (χ1) is 8.74. The summed E-state index contributed by atoms with van der Waals surface area (Å²) < 4.78 is 0. The summed E-state index contributed by atoms with van der Waals surface area (Å²) in [4.78, 5) is 7.73. The zero-order valence-corrected chi connectivity index (χ0v) is 11.0. The van der Waals surface area contributed by atoms with Crippen molar-refractivity contribution in [3.05, 3.63) is 52.1 Å². The molecule has 0 amide bonds. The fourth-order valence-electron chi connectivity index (χ4n) is 2.17. The first-order valence-corrected chi connectivity index (χ1v) is 6.84. The number of H-pyrrole nitrogens is 1. The van der Waals surface area contributed by atoms with Gasteiger partial charge in [0.2, 0.25) is 0 Å². The van der Waals surface area contributed by atoms with Gasteiger partial charge in [0.05, 0.1) is 6.04 Å². The van der Waals surface area contributed by atoms with Crippen molar-refractivity contribution in [2.45, 2.75) is 19.4 Å². The molecule has 0 aliphatic rings. The van der Waals surface area contributed by atoms with Crippen molar-refractivity contribution >= 4 is 22.2 Å². The second kappa shape index (κ2) is 4.55. The highest BCUT2D eigenvalue weighted by molar-refractivity contribution is 7.09. The highest BCUT2D eigenvalue weighted by atomic mass is 32.1. The summed E-state index contributed by atoms with van der Waals surface area (Å²) in [6, 6.07) is 8.27. The van der Waals surface area contributed by atoms with E-state index in [9.17, 15) is 0 Å². The van der Waals surface area contributed by atoms with Crippen molar-refractivity contribution in [3.8, 4) is 0 Å². The number of nitrogens with one attached hydrogen (secondary N) is 1. The Morgan fingerprint density at radius 1 is 1.39 bits per heavy atom. The molecule has 18 heavy (non-hydrogen) atoms. The van der Waals surface area contributed by atoms with Gasteiger partial charge in [-0.1, -0.05) is 18.2 Å². The van der Waals surface area contributed by atoms with Crippen LogP contribution in [0.4, 0.5) is 0 Å². The Hall–Kier alpha value is -1.65. The van der Waals surface area contributed by atoms with Crippen molar-refractivity contribution in [1.29, 1.82) is 0 Å². The average Bonchev–Trinajstić information content (AvgIpc) is 2.97. The SMILES string of the molecule is Cc1csc(C(N)Cc2c[nH]c3ccccc23)n1. The Labute approximate surface area is 110 Å². The topological polar surface area (TPSA) is 54.7 Å². The van der Waals surface area contributed by atoms with E-state index in [0.717, 1.165) is 22.6 Å². The molecule has 3 nitrogen and oxygen atoms in total. The fourth-order valence-corrected chi connectivity index (χ4v) is 2.97. The van der Waals surface area contributed by atoms with Crippen molar-refractivity contribution in [1.82, 2.24) is 9.97 Å². The fraction of sp³-hybridized carbons (Fsp3) is 0.214. The zero-order chi connectivity index (χ0) is 12.5. The van der Waals surface area contributed by atoms with Gasteiger partial charge in [0, 0.05) is 28.2 Å². The molecule has 0 fully saturated rings. The maximum atomic E-state index is 6.22. The summed E-state index contributed by atoms with van der Waals surface area (Å²) in [7, 11) is 0. The van der Waals surface area contributed by atoms with Crippen molar-refractivity contribution < 1.29 is 0 Å². The normalized spacial score (nSPS) is 13.0. The van der Waals surface area contributed by atoms with E-state index in [1.54, 1.807) is 11.3 Å². The van der Waals surface area contributed by atoms with Crippen LogP contribution in [0, 0.1) is 6.92 Å². The molecule has 0 saturated heterocycles. The molecule has 0 aliphatic heterocycles. The molecule has 3 N–H and O–H groups in total. The first kappa shape index (κ1) is 11.4. The highest BCUT2D eigenvalue weighted by Crippen LogP contribution is 2.24. The van der Waals surface area contributed by atoms with Crippen LogP contribution in [-0.2, 0) is 6.42 Å². The van der Waals surface area contributed by atoms with Gasteiger partial charge in [0.25, 0.3) is 0 Å². The van der Waals surface area contributed by atoms with Gasteiger partial charge in [0.1, 0.15) is 5.01 Å². The average molecular weight is 257 g/mol. The number of nitrogens with two attached hydrogens (primary N) is 1. The van der Waals surface area contributed by atoms with Crippen molar-refractivity contribution in [2.24, 2.45) is 5.73 Å². The van der Waals surface area contributed by atoms with Crippen LogP contribution in [-0.4, -0.2) is 9.97 Å². The number of hydrogen-bond donors (Lipinski definition) is 2. The minimum Gasteiger partial charge on any atom is -0.361 e. The van der Waals surface area contributed by atoms with Crippen LogP contribution in [0.1, 0.15) is 22.3 Å².